The molecule has 2 heterocycles. The number of ether oxygens (including phenoxy) is 1. The topological polar surface area (TPSA) is 74.3 Å². The molecule has 0 fully saturated rings. The third kappa shape index (κ3) is 3.37. The van der Waals surface area contributed by atoms with Gasteiger partial charge in [0.25, 0.3) is 5.56 Å². The highest BCUT2D eigenvalue weighted by molar-refractivity contribution is 5.70. The minimum Gasteiger partial charge on any atom is -0.343 e. The maximum Gasteiger partial charge on any atom is 0.332 e. The van der Waals surface area contributed by atoms with Gasteiger partial charge in [0, 0.05) is 13.6 Å². The van der Waals surface area contributed by atoms with E-state index in [1.165, 1.54) is 7.05 Å². The van der Waals surface area contributed by atoms with Gasteiger partial charge in [0.15, 0.2) is 11.2 Å². The van der Waals surface area contributed by atoms with Gasteiger partial charge in [0.2, 0.25) is 0 Å². The quantitative estimate of drug-likeness (QED) is 0.721. The fourth-order valence-corrected chi connectivity index (χ4v) is 2.27. The molecular weight excluding hydrogens is 298 g/mol. The highest BCUT2D eigenvalue weighted by Crippen LogP contribution is 2.09. The van der Waals surface area contributed by atoms with E-state index in [0.29, 0.717) is 17.7 Å². The summed E-state index contributed by atoms with van der Waals surface area (Å²) >= 11 is 0. The molecule has 1 atom stereocenters. The second kappa shape index (κ2) is 6.67. The van der Waals surface area contributed by atoms with Crippen LogP contribution in [0.2, 0.25) is 0 Å². The van der Waals surface area contributed by atoms with Crippen molar-refractivity contribution in [1.82, 2.24) is 23.6 Å². The molecule has 128 valence electrons. The zero-order chi connectivity index (χ0) is 17.3. The highest BCUT2D eigenvalue weighted by Gasteiger charge is 2.17. The predicted molar refractivity (Wildman–Crippen MR) is 88.3 cm³/mol. The summed E-state index contributed by atoms with van der Waals surface area (Å²) in [7, 11) is 5.31. The van der Waals surface area contributed by atoms with Gasteiger partial charge in [-0.3, -0.25) is 18.8 Å². The predicted octanol–water partition coefficient (Wildman–Crippen LogP) is 0.434. The Hall–Kier alpha value is -1.93. The third-order valence-corrected chi connectivity index (χ3v) is 3.83. The number of hydrogen-bond donors (Lipinski definition) is 0. The summed E-state index contributed by atoms with van der Waals surface area (Å²) in [6.07, 6.45) is 1.45. The van der Waals surface area contributed by atoms with Gasteiger partial charge in [0.05, 0.1) is 6.33 Å². The van der Waals surface area contributed by atoms with E-state index in [4.69, 9.17) is 4.74 Å². The Morgan fingerprint density at radius 2 is 1.91 bits per heavy atom. The largest absolute Gasteiger partial charge is 0.343 e. The summed E-state index contributed by atoms with van der Waals surface area (Å²) in [6, 6.07) is 0. The molecule has 8 heteroatoms. The number of imidazole rings is 1. The van der Waals surface area contributed by atoms with Gasteiger partial charge in [0.1, 0.15) is 13.0 Å². The third-order valence-electron chi connectivity index (χ3n) is 3.83. The lowest BCUT2D eigenvalue weighted by atomic mass is 10.2. The molecular formula is C15H25N5O3. The summed E-state index contributed by atoms with van der Waals surface area (Å²) in [6.45, 7) is 6.66. The first-order valence-corrected chi connectivity index (χ1v) is 7.66. The van der Waals surface area contributed by atoms with E-state index in [1.807, 2.05) is 39.8 Å². The zero-order valence-electron chi connectivity index (χ0n) is 14.6. The number of fused-ring (bicyclic) bond motifs is 1. The molecule has 1 unspecified atom stereocenters. The first-order valence-electron chi connectivity index (χ1n) is 7.66. The molecule has 0 aliphatic rings. The van der Waals surface area contributed by atoms with Crippen molar-refractivity contribution in [3.05, 3.63) is 27.2 Å². The standard InChI is InChI=1S/C15H25N5O3/c1-10(2)7-20-13-12(14(21)18(6)15(20)22)19(8-16-13)9-23-11(3)17(4)5/h8,10-11H,7,9H2,1-6H3. The molecule has 23 heavy (non-hydrogen) atoms. The molecule has 2 aromatic rings. The van der Waals surface area contributed by atoms with Crippen molar-refractivity contribution in [2.75, 3.05) is 14.1 Å². The zero-order valence-corrected chi connectivity index (χ0v) is 14.6. The van der Waals surface area contributed by atoms with Crippen LogP contribution in [0.4, 0.5) is 0 Å². The smallest absolute Gasteiger partial charge is 0.332 e. The lowest BCUT2D eigenvalue weighted by molar-refractivity contribution is -0.0554. The Labute approximate surface area is 134 Å². The van der Waals surface area contributed by atoms with Crippen molar-refractivity contribution in [2.24, 2.45) is 13.0 Å². The van der Waals surface area contributed by atoms with Gasteiger partial charge in [-0.1, -0.05) is 13.8 Å². The molecule has 0 amide bonds. The highest BCUT2D eigenvalue weighted by atomic mass is 16.5. The minimum absolute atomic E-state index is 0.0992. The number of nitrogens with zero attached hydrogens (tertiary/aromatic N) is 5. The molecule has 0 N–H and O–H groups in total. The normalized spacial score (nSPS) is 13.4. The summed E-state index contributed by atoms with van der Waals surface area (Å²) in [5, 5.41) is 0. The van der Waals surface area contributed by atoms with Crippen molar-refractivity contribution in [3.8, 4) is 0 Å². The molecule has 8 nitrogen and oxygen atoms in total. The molecule has 0 aromatic carbocycles. The number of rotatable bonds is 6. The second-order valence-corrected chi connectivity index (χ2v) is 6.40. The van der Waals surface area contributed by atoms with Crippen LogP contribution in [-0.4, -0.2) is 43.9 Å². The lowest BCUT2D eigenvalue weighted by Crippen LogP contribution is -2.39. The van der Waals surface area contributed by atoms with E-state index in [2.05, 4.69) is 4.98 Å². The summed E-state index contributed by atoms with van der Waals surface area (Å²) in [4.78, 5) is 31.0. The maximum atomic E-state index is 12.5. The van der Waals surface area contributed by atoms with Crippen LogP contribution in [-0.2, 0) is 25.1 Å². The lowest BCUT2D eigenvalue weighted by Gasteiger charge is -2.20. The Morgan fingerprint density at radius 1 is 1.26 bits per heavy atom. The molecule has 0 spiro atoms. The van der Waals surface area contributed by atoms with E-state index in [1.54, 1.807) is 15.5 Å². The van der Waals surface area contributed by atoms with Crippen LogP contribution >= 0.6 is 0 Å². The second-order valence-electron chi connectivity index (χ2n) is 6.40. The van der Waals surface area contributed by atoms with Crippen LogP contribution in [0.1, 0.15) is 20.8 Å². The molecule has 0 radical (unpaired) electrons. The van der Waals surface area contributed by atoms with Gasteiger partial charge >= 0.3 is 5.69 Å². The summed E-state index contributed by atoms with van der Waals surface area (Å²) in [5.74, 6) is 0.267. The molecule has 0 bridgehead atoms. The Balaban J connectivity index is 2.52. The van der Waals surface area contributed by atoms with Crippen LogP contribution in [0.15, 0.2) is 15.9 Å². The fourth-order valence-electron chi connectivity index (χ4n) is 2.27. The fraction of sp³-hybridized carbons (Fsp3) is 0.667. The molecule has 0 saturated heterocycles. The Morgan fingerprint density at radius 3 is 2.48 bits per heavy atom. The first-order chi connectivity index (χ1) is 10.7. The van der Waals surface area contributed by atoms with Crippen molar-refractivity contribution in [2.45, 2.75) is 40.3 Å². The molecule has 0 aliphatic heterocycles. The molecule has 2 aromatic heterocycles. The van der Waals surface area contributed by atoms with Crippen LogP contribution in [0.3, 0.4) is 0 Å². The average molecular weight is 323 g/mol. The minimum atomic E-state index is -0.358. The van der Waals surface area contributed by atoms with E-state index < -0.39 is 0 Å². The Bertz CT molecular complexity index is 800. The summed E-state index contributed by atoms with van der Waals surface area (Å²) < 4.78 is 10.0. The van der Waals surface area contributed by atoms with Crippen LogP contribution in [0.5, 0.6) is 0 Å². The Kier molecular flexibility index (Phi) is 5.06. The monoisotopic (exact) mass is 323 g/mol. The van der Waals surface area contributed by atoms with Crippen LogP contribution in [0.25, 0.3) is 11.2 Å². The summed E-state index contributed by atoms with van der Waals surface area (Å²) in [5.41, 5.74) is 0.0965. The van der Waals surface area contributed by atoms with Crippen LogP contribution < -0.4 is 11.2 Å². The van der Waals surface area contributed by atoms with Crippen molar-refractivity contribution >= 4 is 11.2 Å². The number of aromatic nitrogens is 4. The first kappa shape index (κ1) is 17.4. The average Bonchev–Trinajstić information content (AvgIpc) is 2.90. The van der Waals surface area contributed by atoms with E-state index in [-0.39, 0.29) is 30.1 Å². The van der Waals surface area contributed by atoms with Crippen molar-refractivity contribution in [3.63, 3.8) is 0 Å². The molecule has 0 aliphatic carbocycles. The van der Waals surface area contributed by atoms with Gasteiger partial charge in [-0.05, 0) is 26.9 Å². The van der Waals surface area contributed by atoms with Gasteiger partial charge in [-0.15, -0.1) is 0 Å². The van der Waals surface area contributed by atoms with Crippen molar-refractivity contribution in [1.29, 1.82) is 0 Å². The molecule has 0 saturated carbocycles. The van der Waals surface area contributed by atoms with E-state index >= 15 is 0 Å². The van der Waals surface area contributed by atoms with Crippen LogP contribution in [0, 0.1) is 5.92 Å². The number of hydrogen-bond acceptors (Lipinski definition) is 5. The van der Waals surface area contributed by atoms with Gasteiger partial charge in [-0.2, -0.15) is 0 Å². The SMILES string of the molecule is CC(C)Cn1c(=O)n(C)c(=O)c2c1ncn2COC(C)N(C)C. The van der Waals surface area contributed by atoms with Gasteiger partial charge in [-0.25, -0.2) is 9.78 Å². The van der Waals surface area contributed by atoms with E-state index in [9.17, 15) is 9.59 Å². The maximum absolute atomic E-state index is 12.5. The van der Waals surface area contributed by atoms with Gasteiger partial charge < -0.3 is 9.30 Å². The van der Waals surface area contributed by atoms with Crippen molar-refractivity contribution < 1.29 is 4.74 Å². The van der Waals surface area contributed by atoms with E-state index in [0.717, 1.165) is 4.57 Å². The molecule has 2 rings (SSSR count).